The van der Waals surface area contributed by atoms with E-state index in [9.17, 15) is 10.1 Å². The number of imidazole rings is 1. The van der Waals surface area contributed by atoms with Crippen molar-refractivity contribution in [1.29, 1.82) is 0 Å². The average molecular weight is 226 g/mol. The van der Waals surface area contributed by atoms with Crippen LogP contribution in [0.2, 0.25) is 0 Å². The molecule has 1 rings (SSSR count). The van der Waals surface area contributed by atoms with Gasteiger partial charge in [0.05, 0.1) is 6.54 Å². The van der Waals surface area contributed by atoms with Gasteiger partial charge in [-0.05, 0) is 24.3 Å². The molecule has 0 unspecified atom stereocenters. The Kier molecular flexibility index (Phi) is 5.49. The Hall–Kier alpha value is -1.43. The van der Waals surface area contributed by atoms with E-state index in [1.165, 1.54) is 6.20 Å². The normalized spacial score (nSPS) is 10.6. The molecule has 0 aliphatic carbocycles. The van der Waals surface area contributed by atoms with Crippen LogP contribution in [0.1, 0.15) is 32.1 Å². The maximum Gasteiger partial charge on any atom is 0.434 e. The summed E-state index contributed by atoms with van der Waals surface area (Å²) in [5.41, 5.74) is 5.39. The van der Waals surface area contributed by atoms with E-state index in [0.29, 0.717) is 6.54 Å². The highest BCUT2D eigenvalue weighted by Gasteiger charge is 2.12. The van der Waals surface area contributed by atoms with Gasteiger partial charge >= 0.3 is 5.95 Å². The Morgan fingerprint density at radius 2 is 2.00 bits per heavy atom. The van der Waals surface area contributed by atoms with Gasteiger partial charge in [-0.2, -0.15) is 0 Å². The molecule has 16 heavy (non-hydrogen) atoms. The zero-order chi connectivity index (χ0) is 11.8. The van der Waals surface area contributed by atoms with Crippen molar-refractivity contribution in [3.63, 3.8) is 0 Å². The molecule has 2 N–H and O–H groups in total. The molecule has 1 aromatic heterocycles. The maximum atomic E-state index is 10.6. The number of unbranched alkanes of at least 4 members (excludes halogenated alkanes) is 4. The van der Waals surface area contributed by atoms with Crippen molar-refractivity contribution in [1.82, 2.24) is 9.55 Å². The average Bonchev–Trinajstić information content (AvgIpc) is 2.71. The number of rotatable bonds is 8. The summed E-state index contributed by atoms with van der Waals surface area (Å²) in [6, 6.07) is 0. The van der Waals surface area contributed by atoms with Crippen LogP contribution in [0.15, 0.2) is 12.4 Å². The first-order valence-electron chi connectivity index (χ1n) is 5.61. The minimum atomic E-state index is -0.450. The first-order valence-corrected chi connectivity index (χ1v) is 5.61. The van der Waals surface area contributed by atoms with Crippen molar-refractivity contribution in [3.8, 4) is 0 Å². The lowest BCUT2D eigenvalue weighted by molar-refractivity contribution is -0.396. The highest BCUT2D eigenvalue weighted by atomic mass is 16.6. The van der Waals surface area contributed by atoms with Crippen LogP contribution in [0.4, 0.5) is 5.95 Å². The fourth-order valence-corrected chi connectivity index (χ4v) is 1.60. The Balaban J connectivity index is 2.21. The predicted octanol–water partition coefficient (Wildman–Crippen LogP) is 1.70. The third kappa shape index (κ3) is 3.98. The minimum Gasteiger partial charge on any atom is -0.390 e. The summed E-state index contributed by atoms with van der Waals surface area (Å²) in [6.45, 7) is 1.41. The molecule has 0 saturated heterocycles. The number of nitro groups is 1. The maximum absolute atomic E-state index is 10.6. The second-order valence-corrected chi connectivity index (χ2v) is 3.73. The third-order valence-corrected chi connectivity index (χ3v) is 2.46. The van der Waals surface area contributed by atoms with E-state index in [2.05, 4.69) is 4.98 Å². The van der Waals surface area contributed by atoms with Gasteiger partial charge in [-0.1, -0.05) is 24.2 Å². The molecule has 0 aromatic carbocycles. The molecule has 0 fully saturated rings. The van der Waals surface area contributed by atoms with Crippen molar-refractivity contribution in [2.45, 2.75) is 38.6 Å². The first-order chi connectivity index (χ1) is 7.75. The van der Waals surface area contributed by atoms with Crippen LogP contribution in [0.25, 0.3) is 0 Å². The van der Waals surface area contributed by atoms with Crippen LogP contribution < -0.4 is 5.73 Å². The van der Waals surface area contributed by atoms with Crippen LogP contribution in [0, 0.1) is 10.1 Å². The molecule has 0 saturated carbocycles. The molecule has 0 amide bonds. The van der Waals surface area contributed by atoms with Gasteiger partial charge in [-0.25, -0.2) is 4.57 Å². The molecule has 6 heteroatoms. The van der Waals surface area contributed by atoms with E-state index in [0.717, 1.165) is 38.6 Å². The molecule has 6 nitrogen and oxygen atoms in total. The van der Waals surface area contributed by atoms with Crippen LogP contribution in [-0.4, -0.2) is 21.0 Å². The predicted molar refractivity (Wildman–Crippen MR) is 61.0 cm³/mol. The summed E-state index contributed by atoms with van der Waals surface area (Å²) < 4.78 is 1.59. The number of aryl methyl sites for hydroxylation is 1. The summed E-state index contributed by atoms with van der Waals surface area (Å²) in [6.07, 6.45) is 8.48. The molecule has 0 radical (unpaired) electrons. The van der Waals surface area contributed by atoms with Crippen LogP contribution in [-0.2, 0) is 6.54 Å². The van der Waals surface area contributed by atoms with Crippen molar-refractivity contribution in [3.05, 3.63) is 22.5 Å². The fraction of sp³-hybridized carbons (Fsp3) is 0.700. The summed E-state index contributed by atoms with van der Waals surface area (Å²) in [7, 11) is 0. The molecule has 1 aromatic rings. The minimum absolute atomic E-state index is 0.0676. The lowest BCUT2D eigenvalue weighted by Gasteiger charge is -2.01. The van der Waals surface area contributed by atoms with Gasteiger partial charge in [-0.3, -0.25) is 0 Å². The van der Waals surface area contributed by atoms with Gasteiger partial charge in [0.15, 0.2) is 0 Å². The van der Waals surface area contributed by atoms with Crippen LogP contribution in [0.5, 0.6) is 0 Å². The van der Waals surface area contributed by atoms with Gasteiger partial charge in [0.25, 0.3) is 0 Å². The molecule has 1 heterocycles. The van der Waals surface area contributed by atoms with Crippen LogP contribution in [0.3, 0.4) is 0 Å². The standard InChI is InChI=1S/C10H18N4O2/c11-6-4-2-1-3-5-8-13-9-7-12-10(13)14(15)16/h7,9H,1-6,8,11H2. The lowest BCUT2D eigenvalue weighted by Crippen LogP contribution is -2.03. The zero-order valence-electron chi connectivity index (χ0n) is 9.34. The van der Waals surface area contributed by atoms with Gasteiger partial charge in [0.1, 0.15) is 12.4 Å². The van der Waals surface area contributed by atoms with Crippen molar-refractivity contribution >= 4 is 5.95 Å². The molecule has 0 spiro atoms. The second kappa shape index (κ2) is 6.95. The van der Waals surface area contributed by atoms with E-state index >= 15 is 0 Å². The summed E-state index contributed by atoms with van der Waals surface area (Å²) >= 11 is 0. The Morgan fingerprint density at radius 1 is 1.31 bits per heavy atom. The second-order valence-electron chi connectivity index (χ2n) is 3.73. The van der Waals surface area contributed by atoms with Crippen molar-refractivity contribution < 1.29 is 4.92 Å². The van der Waals surface area contributed by atoms with E-state index in [1.54, 1.807) is 10.8 Å². The SMILES string of the molecule is NCCCCCCCn1ccnc1[N+](=O)[O-]. The zero-order valence-corrected chi connectivity index (χ0v) is 9.34. The molecule has 0 bridgehead atoms. The first kappa shape index (κ1) is 12.6. The summed E-state index contributed by atoms with van der Waals surface area (Å²) in [4.78, 5) is 13.8. The van der Waals surface area contributed by atoms with E-state index < -0.39 is 4.92 Å². The van der Waals surface area contributed by atoms with E-state index in [-0.39, 0.29) is 5.95 Å². The van der Waals surface area contributed by atoms with E-state index in [1.807, 2.05) is 0 Å². The van der Waals surface area contributed by atoms with Crippen LogP contribution >= 0.6 is 0 Å². The quantitative estimate of drug-likeness (QED) is 0.415. The topological polar surface area (TPSA) is 87.0 Å². The van der Waals surface area contributed by atoms with Gasteiger partial charge in [0.2, 0.25) is 0 Å². The van der Waals surface area contributed by atoms with Crippen molar-refractivity contribution in [2.75, 3.05) is 6.54 Å². The largest absolute Gasteiger partial charge is 0.434 e. The third-order valence-electron chi connectivity index (χ3n) is 2.46. The number of hydrogen-bond acceptors (Lipinski definition) is 4. The molecular weight excluding hydrogens is 208 g/mol. The van der Waals surface area contributed by atoms with Crippen molar-refractivity contribution in [2.24, 2.45) is 5.73 Å². The Labute approximate surface area is 94.6 Å². The monoisotopic (exact) mass is 226 g/mol. The highest BCUT2D eigenvalue weighted by Crippen LogP contribution is 2.10. The Bertz CT molecular complexity index is 324. The Morgan fingerprint density at radius 3 is 2.69 bits per heavy atom. The lowest BCUT2D eigenvalue weighted by atomic mass is 10.1. The number of nitrogens with two attached hydrogens (primary N) is 1. The van der Waals surface area contributed by atoms with Gasteiger partial charge < -0.3 is 15.8 Å². The fourth-order valence-electron chi connectivity index (χ4n) is 1.60. The smallest absolute Gasteiger partial charge is 0.390 e. The van der Waals surface area contributed by atoms with Gasteiger partial charge in [0, 0.05) is 0 Å². The van der Waals surface area contributed by atoms with E-state index in [4.69, 9.17) is 5.73 Å². The van der Waals surface area contributed by atoms with Gasteiger partial charge in [-0.15, -0.1) is 0 Å². The highest BCUT2D eigenvalue weighted by molar-refractivity contribution is 5.06. The number of hydrogen-bond donors (Lipinski definition) is 1. The molecule has 0 aliphatic heterocycles. The summed E-state index contributed by atoms with van der Waals surface area (Å²) in [5.74, 6) is -0.0676. The molecule has 0 aliphatic rings. The summed E-state index contributed by atoms with van der Waals surface area (Å²) in [5, 5.41) is 10.6. The number of aromatic nitrogens is 2. The molecule has 90 valence electrons. The number of nitrogens with zero attached hydrogens (tertiary/aromatic N) is 3. The molecular formula is C10H18N4O2. The molecule has 0 atom stereocenters.